The fraction of sp³-hybridized carbons (Fsp3) is 0.684. The molecule has 120 valence electrons. The second kappa shape index (κ2) is 7.31. The van der Waals surface area contributed by atoms with Crippen LogP contribution >= 0.6 is 0 Å². The van der Waals surface area contributed by atoms with Crippen LogP contribution in [0.4, 0.5) is 5.69 Å². The van der Waals surface area contributed by atoms with Crippen molar-refractivity contribution in [1.29, 1.82) is 0 Å². The molecular formula is C19H34N2. The van der Waals surface area contributed by atoms with Gasteiger partial charge in [-0.05, 0) is 70.2 Å². The lowest BCUT2D eigenvalue weighted by atomic mass is 10.0. The zero-order valence-corrected chi connectivity index (χ0v) is 15.2. The fourth-order valence-corrected chi connectivity index (χ4v) is 2.55. The maximum atomic E-state index is 3.56. The molecule has 1 aromatic rings. The molecule has 0 fully saturated rings. The summed E-state index contributed by atoms with van der Waals surface area (Å²) in [7, 11) is 2.20. The van der Waals surface area contributed by atoms with Gasteiger partial charge < -0.3 is 10.2 Å². The van der Waals surface area contributed by atoms with Crippen molar-refractivity contribution >= 4 is 5.69 Å². The van der Waals surface area contributed by atoms with Crippen LogP contribution in [0.15, 0.2) is 18.2 Å². The Morgan fingerprint density at radius 1 is 1.14 bits per heavy atom. The number of rotatable bonds is 6. The van der Waals surface area contributed by atoms with E-state index < -0.39 is 0 Å². The van der Waals surface area contributed by atoms with E-state index in [1.165, 1.54) is 23.2 Å². The third kappa shape index (κ3) is 6.09. The van der Waals surface area contributed by atoms with Gasteiger partial charge in [0.2, 0.25) is 0 Å². The van der Waals surface area contributed by atoms with Gasteiger partial charge in [0.05, 0.1) is 0 Å². The van der Waals surface area contributed by atoms with Crippen molar-refractivity contribution in [1.82, 2.24) is 5.32 Å². The van der Waals surface area contributed by atoms with E-state index in [9.17, 15) is 0 Å². The summed E-state index contributed by atoms with van der Waals surface area (Å²) in [5.74, 6) is 0.735. The number of nitrogens with one attached hydrogen (secondary N) is 1. The summed E-state index contributed by atoms with van der Waals surface area (Å²) in [6.07, 6.45) is 1.23. The molecule has 1 unspecified atom stereocenters. The van der Waals surface area contributed by atoms with Gasteiger partial charge in [-0.25, -0.2) is 0 Å². The van der Waals surface area contributed by atoms with Gasteiger partial charge in [-0.1, -0.05) is 19.9 Å². The minimum absolute atomic E-state index is 0.160. The maximum Gasteiger partial charge on any atom is 0.0368 e. The molecule has 0 radical (unpaired) electrons. The first kappa shape index (κ1) is 18.0. The molecule has 21 heavy (non-hydrogen) atoms. The number of hydrogen-bond acceptors (Lipinski definition) is 2. The molecule has 0 aliphatic rings. The van der Waals surface area contributed by atoms with Crippen molar-refractivity contribution in [3.8, 4) is 0 Å². The molecule has 0 bridgehead atoms. The number of anilines is 1. The lowest BCUT2D eigenvalue weighted by Crippen LogP contribution is -2.35. The molecule has 0 saturated carbocycles. The summed E-state index contributed by atoms with van der Waals surface area (Å²) in [5.41, 5.74) is 4.24. The van der Waals surface area contributed by atoms with Crippen LogP contribution in [0.25, 0.3) is 0 Å². The van der Waals surface area contributed by atoms with Crippen molar-refractivity contribution in [2.45, 2.75) is 73.0 Å². The fourth-order valence-electron chi connectivity index (χ4n) is 2.55. The highest BCUT2D eigenvalue weighted by Crippen LogP contribution is 2.22. The highest BCUT2D eigenvalue weighted by atomic mass is 15.1. The molecule has 0 spiro atoms. The van der Waals surface area contributed by atoms with Crippen molar-refractivity contribution in [2.24, 2.45) is 5.92 Å². The predicted octanol–water partition coefficient (Wildman–Crippen LogP) is 4.75. The van der Waals surface area contributed by atoms with E-state index in [4.69, 9.17) is 0 Å². The summed E-state index contributed by atoms with van der Waals surface area (Å²) < 4.78 is 0. The van der Waals surface area contributed by atoms with Crippen molar-refractivity contribution in [3.05, 3.63) is 29.3 Å². The SMILES string of the molecule is Cc1cc(N(C)C(C)CC(C)C)ccc1CNC(C)(C)C. The number of benzene rings is 1. The molecule has 1 N–H and O–H groups in total. The Labute approximate surface area is 131 Å². The molecule has 1 aromatic carbocycles. The van der Waals surface area contributed by atoms with Gasteiger partial charge in [0, 0.05) is 30.9 Å². The van der Waals surface area contributed by atoms with Crippen LogP contribution in [-0.2, 0) is 6.54 Å². The zero-order valence-electron chi connectivity index (χ0n) is 15.2. The van der Waals surface area contributed by atoms with Crippen LogP contribution in [-0.4, -0.2) is 18.6 Å². The number of aryl methyl sites for hydroxylation is 1. The summed E-state index contributed by atoms with van der Waals surface area (Å²) in [5, 5.41) is 3.56. The standard InChI is InChI=1S/C19H34N2/c1-14(2)11-16(4)21(8)18-10-9-17(15(3)12-18)13-20-19(5,6)7/h9-10,12,14,16,20H,11,13H2,1-8H3. The average Bonchev–Trinajstić information content (AvgIpc) is 2.34. The van der Waals surface area contributed by atoms with E-state index in [2.05, 4.69) is 83.9 Å². The average molecular weight is 290 g/mol. The highest BCUT2D eigenvalue weighted by Gasteiger charge is 2.13. The van der Waals surface area contributed by atoms with Gasteiger partial charge in [-0.15, -0.1) is 0 Å². The largest absolute Gasteiger partial charge is 0.372 e. The summed E-state index contributed by atoms with van der Waals surface area (Å²) in [4.78, 5) is 2.40. The van der Waals surface area contributed by atoms with Gasteiger partial charge in [0.1, 0.15) is 0 Å². The van der Waals surface area contributed by atoms with Gasteiger partial charge >= 0.3 is 0 Å². The first-order valence-electron chi connectivity index (χ1n) is 8.17. The molecule has 0 saturated heterocycles. The Bertz CT molecular complexity index is 443. The lowest BCUT2D eigenvalue weighted by Gasteiger charge is -2.29. The maximum absolute atomic E-state index is 3.56. The van der Waals surface area contributed by atoms with E-state index in [0.29, 0.717) is 6.04 Å². The number of nitrogens with zero attached hydrogens (tertiary/aromatic N) is 1. The Morgan fingerprint density at radius 3 is 2.24 bits per heavy atom. The van der Waals surface area contributed by atoms with Crippen LogP contribution < -0.4 is 10.2 Å². The second-order valence-electron chi connectivity index (χ2n) is 7.80. The van der Waals surface area contributed by atoms with Crippen LogP contribution in [0.3, 0.4) is 0 Å². The Kier molecular flexibility index (Phi) is 6.27. The molecule has 1 atom stereocenters. The summed E-state index contributed by atoms with van der Waals surface area (Å²) in [6, 6.07) is 7.41. The molecule has 0 aliphatic carbocycles. The van der Waals surface area contributed by atoms with Crippen LogP contribution in [0.1, 0.15) is 59.1 Å². The molecule has 0 amide bonds. The third-order valence-electron chi connectivity index (χ3n) is 4.02. The van der Waals surface area contributed by atoms with Crippen LogP contribution in [0.2, 0.25) is 0 Å². The van der Waals surface area contributed by atoms with Gasteiger partial charge in [-0.2, -0.15) is 0 Å². The highest BCUT2D eigenvalue weighted by molar-refractivity contribution is 5.51. The molecular weight excluding hydrogens is 256 g/mol. The van der Waals surface area contributed by atoms with E-state index in [1.807, 2.05) is 0 Å². The zero-order chi connectivity index (χ0) is 16.2. The molecule has 0 aromatic heterocycles. The monoisotopic (exact) mass is 290 g/mol. The predicted molar refractivity (Wildman–Crippen MR) is 95.1 cm³/mol. The third-order valence-corrected chi connectivity index (χ3v) is 4.02. The van der Waals surface area contributed by atoms with E-state index in [1.54, 1.807) is 0 Å². The van der Waals surface area contributed by atoms with Gasteiger partial charge in [0.15, 0.2) is 0 Å². The second-order valence-corrected chi connectivity index (χ2v) is 7.80. The molecule has 0 heterocycles. The van der Waals surface area contributed by atoms with Crippen molar-refractivity contribution in [3.63, 3.8) is 0 Å². The number of hydrogen-bond donors (Lipinski definition) is 1. The molecule has 2 nitrogen and oxygen atoms in total. The van der Waals surface area contributed by atoms with E-state index in [0.717, 1.165) is 12.5 Å². The lowest BCUT2D eigenvalue weighted by molar-refractivity contribution is 0.424. The minimum Gasteiger partial charge on any atom is -0.372 e. The molecule has 0 aliphatic heterocycles. The van der Waals surface area contributed by atoms with Gasteiger partial charge in [0.25, 0.3) is 0 Å². The quantitative estimate of drug-likeness (QED) is 0.813. The smallest absolute Gasteiger partial charge is 0.0368 e. The Hall–Kier alpha value is -1.02. The van der Waals surface area contributed by atoms with E-state index >= 15 is 0 Å². The van der Waals surface area contributed by atoms with Crippen molar-refractivity contribution in [2.75, 3.05) is 11.9 Å². The Balaban J connectivity index is 2.77. The molecule has 1 rings (SSSR count). The minimum atomic E-state index is 0.160. The summed E-state index contributed by atoms with van der Waals surface area (Å²) >= 11 is 0. The normalized spacial score (nSPS) is 13.6. The topological polar surface area (TPSA) is 15.3 Å². The molecule has 2 heteroatoms. The first-order valence-corrected chi connectivity index (χ1v) is 8.17. The van der Waals surface area contributed by atoms with Crippen molar-refractivity contribution < 1.29 is 0 Å². The van der Waals surface area contributed by atoms with Gasteiger partial charge in [-0.3, -0.25) is 0 Å². The van der Waals surface area contributed by atoms with E-state index in [-0.39, 0.29) is 5.54 Å². The summed E-state index contributed by atoms with van der Waals surface area (Å²) in [6.45, 7) is 16.7. The first-order chi connectivity index (χ1) is 9.60. The van der Waals surface area contributed by atoms with Crippen LogP contribution in [0.5, 0.6) is 0 Å². The van der Waals surface area contributed by atoms with Crippen LogP contribution in [0, 0.1) is 12.8 Å². The Morgan fingerprint density at radius 2 is 1.76 bits per heavy atom.